The first kappa shape index (κ1) is 19.0. The van der Waals surface area contributed by atoms with Gasteiger partial charge in [0.05, 0.1) is 12.5 Å². The molecule has 1 aliphatic rings. The molecule has 1 saturated heterocycles. The van der Waals surface area contributed by atoms with E-state index in [1.54, 1.807) is 4.90 Å². The van der Waals surface area contributed by atoms with Crippen LogP contribution >= 0.6 is 0 Å². The Morgan fingerprint density at radius 2 is 1.89 bits per heavy atom. The van der Waals surface area contributed by atoms with Crippen LogP contribution in [0.15, 0.2) is 54.6 Å². The lowest BCUT2D eigenvalue weighted by Gasteiger charge is -2.17. The van der Waals surface area contributed by atoms with Gasteiger partial charge in [-0.25, -0.2) is 0 Å². The maximum absolute atomic E-state index is 12.4. The zero-order valence-corrected chi connectivity index (χ0v) is 15.7. The fourth-order valence-corrected chi connectivity index (χ4v) is 3.31. The van der Waals surface area contributed by atoms with E-state index in [4.69, 9.17) is 4.74 Å². The maximum Gasteiger partial charge on any atom is 0.227 e. The van der Waals surface area contributed by atoms with Gasteiger partial charge in [-0.05, 0) is 49.6 Å². The summed E-state index contributed by atoms with van der Waals surface area (Å²) < 4.78 is 5.43. The molecule has 0 bridgehead atoms. The molecule has 2 aromatic carbocycles. The van der Waals surface area contributed by atoms with Gasteiger partial charge in [0, 0.05) is 25.2 Å². The number of amides is 2. The van der Waals surface area contributed by atoms with Crippen molar-refractivity contribution in [3.8, 4) is 5.75 Å². The lowest BCUT2D eigenvalue weighted by molar-refractivity contribution is -0.126. The molecule has 1 fully saturated rings. The van der Waals surface area contributed by atoms with Crippen LogP contribution in [-0.2, 0) is 16.0 Å². The number of hydrogen-bond acceptors (Lipinski definition) is 3. The molecule has 27 heavy (non-hydrogen) atoms. The van der Waals surface area contributed by atoms with Crippen LogP contribution in [0.25, 0.3) is 0 Å². The summed E-state index contributed by atoms with van der Waals surface area (Å²) in [6.45, 7) is 3.59. The summed E-state index contributed by atoms with van der Waals surface area (Å²) in [5.41, 5.74) is 2.08. The van der Waals surface area contributed by atoms with Gasteiger partial charge in [-0.1, -0.05) is 30.3 Å². The van der Waals surface area contributed by atoms with E-state index in [-0.39, 0.29) is 24.2 Å². The predicted octanol–water partition coefficient (Wildman–Crippen LogP) is 3.19. The minimum absolute atomic E-state index is 0.0106. The van der Waals surface area contributed by atoms with Crippen LogP contribution in [0.5, 0.6) is 5.75 Å². The van der Waals surface area contributed by atoms with Crippen LogP contribution in [0.2, 0.25) is 0 Å². The molecule has 2 aromatic rings. The molecule has 0 spiro atoms. The van der Waals surface area contributed by atoms with Crippen molar-refractivity contribution in [2.45, 2.75) is 26.2 Å². The van der Waals surface area contributed by atoms with Crippen LogP contribution in [0.3, 0.4) is 0 Å². The second-order valence-corrected chi connectivity index (χ2v) is 6.71. The summed E-state index contributed by atoms with van der Waals surface area (Å²) in [4.78, 5) is 26.4. The Hall–Kier alpha value is -2.82. The summed E-state index contributed by atoms with van der Waals surface area (Å²) in [6.07, 6.45) is 2.08. The fraction of sp³-hybridized carbons (Fsp3) is 0.364. The minimum atomic E-state index is -0.291. The average molecular weight is 366 g/mol. The zero-order valence-electron chi connectivity index (χ0n) is 15.7. The van der Waals surface area contributed by atoms with Crippen molar-refractivity contribution in [3.05, 3.63) is 60.2 Å². The molecule has 1 aliphatic heterocycles. The quantitative estimate of drug-likeness (QED) is 0.730. The van der Waals surface area contributed by atoms with Crippen LogP contribution in [0, 0.1) is 5.92 Å². The second kappa shape index (κ2) is 9.21. The highest BCUT2D eigenvalue weighted by Gasteiger charge is 2.34. The Kier molecular flexibility index (Phi) is 6.47. The molecule has 5 heteroatoms. The van der Waals surface area contributed by atoms with E-state index in [2.05, 4.69) is 17.4 Å². The van der Waals surface area contributed by atoms with Crippen LogP contribution in [0.4, 0.5) is 5.69 Å². The smallest absolute Gasteiger partial charge is 0.227 e. The Labute approximate surface area is 160 Å². The molecule has 2 amide bonds. The topological polar surface area (TPSA) is 58.6 Å². The van der Waals surface area contributed by atoms with E-state index in [1.165, 1.54) is 5.56 Å². The monoisotopic (exact) mass is 366 g/mol. The van der Waals surface area contributed by atoms with Crippen molar-refractivity contribution in [3.63, 3.8) is 0 Å². The number of rotatable bonds is 8. The molecular formula is C22H26N2O3. The van der Waals surface area contributed by atoms with E-state index in [9.17, 15) is 9.59 Å². The van der Waals surface area contributed by atoms with Gasteiger partial charge < -0.3 is 15.0 Å². The normalized spacial score (nSPS) is 16.4. The molecular weight excluding hydrogens is 340 g/mol. The first-order valence-corrected chi connectivity index (χ1v) is 9.52. The second-order valence-electron chi connectivity index (χ2n) is 6.71. The van der Waals surface area contributed by atoms with Gasteiger partial charge in [-0.3, -0.25) is 9.59 Å². The third-order valence-corrected chi connectivity index (χ3v) is 4.74. The van der Waals surface area contributed by atoms with Crippen molar-refractivity contribution in [1.82, 2.24) is 5.32 Å². The summed E-state index contributed by atoms with van der Waals surface area (Å²) in [7, 11) is 0. The minimum Gasteiger partial charge on any atom is -0.494 e. The number of carbonyl (C=O) groups excluding carboxylic acids is 2. The van der Waals surface area contributed by atoms with Crippen LogP contribution in [-0.4, -0.2) is 31.5 Å². The lowest BCUT2D eigenvalue weighted by atomic mass is 10.1. The molecule has 1 heterocycles. The van der Waals surface area contributed by atoms with E-state index < -0.39 is 0 Å². The van der Waals surface area contributed by atoms with E-state index >= 15 is 0 Å². The first-order valence-electron chi connectivity index (χ1n) is 9.52. The van der Waals surface area contributed by atoms with Crippen molar-refractivity contribution >= 4 is 17.5 Å². The molecule has 0 aliphatic carbocycles. The first-order chi connectivity index (χ1) is 13.2. The summed E-state index contributed by atoms with van der Waals surface area (Å²) in [5, 5.41) is 2.98. The molecule has 3 rings (SSSR count). The van der Waals surface area contributed by atoms with Crippen LogP contribution in [0.1, 0.15) is 25.3 Å². The van der Waals surface area contributed by atoms with E-state index in [0.717, 1.165) is 24.3 Å². The Morgan fingerprint density at radius 3 is 2.59 bits per heavy atom. The van der Waals surface area contributed by atoms with Crippen molar-refractivity contribution in [2.24, 2.45) is 5.92 Å². The molecule has 0 unspecified atom stereocenters. The molecule has 142 valence electrons. The summed E-state index contributed by atoms with van der Waals surface area (Å²) >= 11 is 0. The molecule has 0 radical (unpaired) electrons. The number of carbonyl (C=O) groups is 2. The standard InChI is InChI=1S/C22H26N2O3/c1-2-27-20-12-10-19(11-13-20)24-16-18(15-21(24)25)22(26)23-14-6-9-17-7-4-3-5-8-17/h3-5,7-8,10-13,18H,2,6,9,14-16H2,1H3,(H,23,26)/t18-/m1/s1. The van der Waals surface area contributed by atoms with Gasteiger partial charge in [0.2, 0.25) is 11.8 Å². The number of nitrogens with zero attached hydrogens (tertiary/aromatic N) is 1. The highest BCUT2D eigenvalue weighted by Crippen LogP contribution is 2.27. The number of benzene rings is 2. The number of ether oxygens (including phenoxy) is 1. The Balaban J connectivity index is 1.47. The van der Waals surface area contributed by atoms with Gasteiger partial charge >= 0.3 is 0 Å². The molecule has 1 N–H and O–H groups in total. The molecule has 5 nitrogen and oxygen atoms in total. The van der Waals surface area contributed by atoms with Gasteiger partial charge in [0.25, 0.3) is 0 Å². The average Bonchev–Trinajstić information content (AvgIpc) is 3.09. The summed E-state index contributed by atoms with van der Waals surface area (Å²) in [5.74, 6) is 0.440. The van der Waals surface area contributed by atoms with Crippen molar-refractivity contribution < 1.29 is 14.3 Å². The third-order valence-electron chi connectivity index (χ3n) is 4.74. The Bertz CT molecular complexity index is 759. The van der Waals surface area contributed by atoms with Crippen LogP contribution < -0.4 is 15.0 Å². The van der Waals surface area contributed by atoms with Crippen molar-refractivity contribution in [2.75, 3.05) is 24.6 Å². The van der Waals surface area contributed by atoms with Gasteiger partial charge in [-0.15, -0.1) is 0 Å². The lowest BCUT2D eigenvalue weighted by Crippen LogP contribution is -2.33. The molecule has 0 aromatic heterocycles. The molecule has 0 saturated carbocycles. The number of hydrogen-bond donors (Lipinski definition) is 1. The highest BCUT2D eigenvalue weighted by atomic mass is 16.5. The van der Waals surface area contributed by atoms with Gasteiger partial charge in [-0.2, -0.15) is 0 Å². The van der Waals surface area contributed by atoms with Gasteiger partial charge in [0.1, 0.15) is 5.75 Å². The number of aryl methyl sites for hydroxylation is 1. The van der Waals surface area contributed by atoms with E-state index in [1.807, 2.05) is 49.4 Å². The largest absolute Gasteiger partial charge is 0.494 e. The third kappa shape index (κ3) is 5.09. The number of anilines is 1. The summed E-state index contributed by atoms with van der Waals surface area (Å²) in [6, 6.07) is 17.6. The number of nitrogens with one attached hydrogen (secondary N) is 1. The Morgan fingerprint density at radius 1 is 1.15 bits per heavy atom. The predicted molar refractivity (Wildman–Crippen MR) is 106 cm³/mol. The van der Waals surface area contributed by atoms with Gasteiger partial charge in [0.15, 0.2) is 0 Å². The fourth-order valence-electron chi connectivity index (χ4n) is 3.31. The SMILES string of the molecule is CCOc1ccc(N2C[C@H](C(=O)NCCCc3ccccc3)CC2=O)cc1. The molecule has 1 atom stereocenters. The maximum atomic E-state index is 12.4. The van der Waals surface area contributed by atoms with Crippen molar-refractivity contribution in [1.29, 1.82) is 0 Å². The zero-order chi connectivity index (χ0) is 19.1. The highest BCUT2D eigenvalue weighted by molar-refractivity contribution is 6.00. The van der Waals surface area contributed by atoms with E-state index in [0.29, 0.717) is 19.7 Å².